The minimum atomic E-state index is 0.668. The highest BCUT2D eigenvalue weighted by Gasteiger charge is 2.17. The standard InChI is InChI=1S/C24H23N9O/c1-31-22-14-17(2-3-18(22)16-26-31)21-15-23(29-24(28-21)32-10-12-34-13-11-32)27-19-4-6-20(7-5-19)33-9-8-25-30-33/h2-9,14-16H,10-13H2,1H3,(H,27,28,29). The van der Waals surface area contributed by atoms with Crippen LogP contribution in [-0.4, -0.2) is 61.0 Å². The molecule has 0 unspecified atom stereocenters. The first-order valence-corrected chi connectivity index (χ1v) is 11.1. The molecule has 10 heteroatoms. The van der Waals surface area contributed by atoms with Gasteiger partial charge in [-0.25, -0.2) is 9.67 Å². The molecular formula is C24H23N9O. The van der Waals surface area contributed by atoms with Crippen molar-refractivity contribution in [2.24, 2.45) is 7.05 Å². The van der Waals surface area contributed by atoms with E-state index in [-0.39, 0.29) is 0 Å². The van der Waals surface area contributed by atoms with E-state index in [1.54, 1.807) is 10.9 Å². The molecule has 1 aliphatic heterocycles. The molecule has 1 saturated heterocycles. The minimum Gasteiger partial charge on any atom is -0.378 e. The van der Waals surface area contributed by atoms with E-state index >= 15 is 0 Å². The van der Waals surface area contributed by atoms with Gasteiger partial charge in [-0.3, -0.25) is 4.68 Å². The molecule has 1 N–H and O–H groups in total. The Bertz CT molecular complexity index is 1420. The SMILES string of the molecule is Cn1ncc2ccc(-c3cc(Nc4ccc(-n5ccnn5)cc4)nc(N4CCOCC4)n3)cc21. The molecule has 170 valence electrons. The van der Waals surface area contributed by atoms with Crippen LogP contribution in [0, 0.1) is 0 Å². The van der Waals surface area contributed by atoms with Crippen LogP contribution in [0.2, 0.25) is 0 Å². The minimum absolute atomic E-state index is 0.668. The van der Waals surface area contributed by atoms with E-state index in [1.807, 2.05) is 54.5 Å². The number of hydrogen-bond acceptors (Lipinski definition) is 8. The van der Waals surface area contributed by atoms with Gasteiger partial charge in [0.25, 0.3) is 0 Å². The molecular weight excluding hydrogens is 430 g/mol. The molecule has 3 aromatic heterocycles. The van der Waals surface area contributed by atoms with Crippen LogP contribution in [0.5, 0.6) is 0 Å². The van der Waals surface area contributed by atoms with Crippen LogP contribution in [0.4, 0.5) is 17.5 Å². The smallest absolute Gasteiger partial charge is 0.228 e. The van der Waals surface area contributed by atoms with Gasteiger partial charge in [0.2, 0.25) is 5.95 Å². The Morgan fingerprint density at radius 3 is 2.62 bits per heavy atom. The highest BCUT2D eigenvalue weighted by Crippen LogP contribution is 2.28. The highest BCUT2D eigenvalue weighted by molar-refractivity contribution is 5.84. The third kappa shape index (κ3) is 3.95. The number of aryl methyl sites for hydroxylation is 1. The number of fused-ring (bicyclic) bond motifs is 1. The van der Waals surface area contributed by atoms with Crippen molar-refractivity contribution in [1.82, 2.24) is 34.7 Å². The molecule has 1 fully saturated rings. The number of rotatable bonds is 5. The van der Waals surface area contributed by atoms with Gasteiger partial charge >= 0.3 is 0 Å². The van der Waals surface area contributed by atoms with E-state index < -0.39 is 0 Å². The third-order valence-electron chi connectivity index (χ3n) is 5.88. The van der Waals surface area contributed by atoms with Gasteiger partial charge in [-0.15, -0.1) is 5.10 Å². The fraction of sp³-hybridized carbons (Fsp3) is 0.208. The summed E-state index contributed by atoms with van der Waals surface area (Å²) in [4.78, 5) is 11.9. The molecule has 0 saturated carbocycles. The average Bonchev–Trinajstić information content (AvgIpc) is 3.55. The van der Waals surface area contributed by atoms with Crippen molar-refractivity contribution in [3.8, 4) is 16.9 Å². The predicted octanol–water partition coefficient (Wildman–Crippen LogP) is 3.19. The lowest BCUT2D eigenvalue weighted by molar-refractivity contribution is 0.122. The molecule has 0 aliphatic carbocycles. The van der Waals surface area contributed by atoms with Crippen LogP contribution < -0.4 is 10.2 Å². The van der Waals surface area contributed by atoms with E-state index in [4.69, 9.17) is 14.7 Å². The summed E-state index contributed by atoms with van der Waals surface area (Å²) < 4.78 is 9.12. The predicted molar refractivity (Wildman–Crippen MR) is 129 cm³/mol. The van der Waals surface area contributed by atoms with Gasteiger partial charge in [-0.2, -0.15) is 10.1 Å². The number of aromatic nitrogens is 7. The molecule has 34 heavy (non-hydrogen) atoms. The fourth-order valence-corrected chi connectivity index (χ4v) is 4.05. The first-order chi connectivity index (χ1) is 16.7. The number of nitrogens with one attached hydrogen (secondary N) is 1. The molecule has 2 aromatic carbocycles. The number of ether oxygens (including phenoxy) is 1. The highest BCUT2D eigenvalue weighted by atomic mass is 16.5. The molecule has 10 nitrogen and oxygen atoms in total. The summed E-state index contributed by atoms with van der Waals surface area (Å²) in [5, 5.41) is 16.8. The van der Waals surface area contributed by atoms with Crippen LogP contribution in [0.1, 0.15) is 0 Å². The number of anilines is 3. The van der Waals surface area contributed by atoms with Gasteiger partial charge in [0.1, 0.15) is 5.82 Å². The maximum atomic E-state index is 5.52. The first kappa shape index (κ1) is 20.3. The van der Waals surface area contributed by atoms with E-state index in [9.17, 15) is 0 Å². The second-order valence-corrected chi connectivity index (χ2v) is 8.10. The normalized spacial score (nSPS) is 14.0. The van der Waals surface area contributed by atoms with Crippen molar-refractivity contribution in [2.75, 3.05) is 36.5 Å². The fourth-order valence-electron chi connectivity index (χ4n) is 4.05. The number of hydrogen-bond donors (Lipinski definition) is 1. The van der Waals surface area contributed by atoms with E-state index in [1.165, 1.54) is 0 Å². The third-order valence-corrected chi connectivity index (χ3v) is 5.88. The largest absolute Gasteiger partial charge is 0.378 e. The van der Waals surface area contributed by atoms with Crippen molar-refractivity contribution in [2.45, 2.75) is 0 Å². The van der Waals surface area contributed by atoms with Crippen LogP contribution >= 0.6 is 0 Å². The van der Waals surface area contributed by atoms with Gasteiger partial charge < -0.3 is 15.0 Å². The molecule has 0 atom stereocenters. The summed E-state index contributed by atoms with van der Waals surface area (Å²) >= 11 is 0. The average molecular weight is 454 g/mol. The molecule has 5 aromatic rings. The van der Waals surface area contributed by atoms with E-state index in [0.29, 0.717) is 19.2 Å². The topological polar surface area (TPSA) is 98.8 Å². The van der Waals surface area contributed by atoms with Crippen molar-refractivity contribution >= 4 is 28.4 Å². The molecule has 6 rings (SSSR count). The summed E-state index contributed by atoms with van der Waals surface area (Å²) in [5.41, 5.74) is 4.77. The van der Waals surface area contributed by atoms with Gasteiger partial charge in [0, 0.05) is 42.8 Å². The number of morpholine rings is 1. The maximum absolute atomic E-state index is 5.52. The molecule has 0 radical (unpaired) electrons. The molecule has 4 heterocycles. The van der Waals surface area contributed by atoms with Crippen molar-refractivity contribution in [3.05, 3.63) is 67.1 Å². The Morgan fingerprint density at radius 2 is 1.82 bits per heavy atom. The van der Waals surface area contributed by atoms with Gasteiger partial charge in [0.15, 0.2) is 0 Å². The number of benzene rings is 2. The summed E-state index contributed by atoms with van der Waals surface area (Å²) in [6.45, 7) is 2.86. The lowest BCUT2D eigenvalue weighted by Gasteiger charge is -2.27. The molecule has 0 spiro atoms. The van der Waals surface area contributed by atoms with Crippen LogP contribution in [0.3, 0.4) is 0 Å². The second-order valence-electron chi connectivity index (χ2n) is 8.10. The zero-order chi connectivity index (χ0) is 22.9. The summed E-state index contributed by atoms with van der Waals surface area (Å²) in [5.74, 6) is 1.41. The Morgan fingerprint density at radius 1 is 0.971 bits per heavy atom. The quantitative estimate of drug-likeness (QED) is 0.433. The summed E-state index contributed by atoms with van der Waals surface area (Å²) in [6, 6.07) is 16.2. The monoisotopic (exact) mass is 453 g/mol. The second kappa shape index (κ2) is 8.56. The Balaban J connectivity index is 1.36. The molecule has 1 aliphatic rings. The maximum Gasteiger partial charge on any atom is 0.228 e. The lowest BCUT2D eigenvalue weighted by Crippen LogP contribution is -2.37. The zero-order valence-electron chi connectivity index (χ0n) is 18.7. The molecule has 0 bridgehead atoms. The summed E-state index contributed by atoms with van der Waals surface area (Å²) in [7, 11) is 1.95. The Hall–Kier alpha value is -4.31. The summed E-state index contributed by atoms with van der Waals surface area (Å²) in [6.07, 6.45) is 5.34. The lowest BCUT2D eigenvalue weighted by atomic mass is 10.1. The van der Waals surface area contributed by atoms with Crippen molar-refractivity contribution < 1.29 is 4.74 Å². The van der Waals surface area contributed by atoms with Crippen molar-refractivity contribution in [1.29, 1.82) is 0 Å². The zero-order valence-corrected chi connectivity index (χ0v) is 18.7. The van der Waals surface area contributed by atoms with Crippen molar-refractivity contribution in [3.63, 3.8) is 0 Å². The first-order valence-electron chi connectivity index (χ1n) is 11.1. The molecule has 0 amide bonds. The van der Waals surface area contributed by atoms with Gasteiger partial charge in [-0.05, 0) is 30.3 Å². The Kier molecular flexibility index (Phi) is 5.11. The van der Waals surface area contributed by atoms with Crippen LogP contribution in [0.15, 0.2) is 67.1 Å². The number of nitrogens with zero attached hydrogens (tertiary/aromatic N) is 8. The Labute approximate surface area is 195 Å². The van der Waals surface area contributed by atoms with Crippen LogP contribution in [0.25, 0.3) is 27.8 Å². The van der Waals surface area contributed by atoms with E-state index in [2.05, 4.69) is 43.8 Å². The van der Waals surface area contributed by atoms with Crippen LogP contribution in [-0.2, 0) is 11.8 Å². The van der Waals surface area contributed by atoms with Gasteiger partial charge in [0.05, 0.1) is 48.7 Å². The van der Waals surface area contributed by atoms with Gasteiger partial charge in [-0.1, -0.05) is 17.3 Å². The van der Waals surface area contributed by atoms with E-state index in [0.717, 1.165) is 52.4 Å².